The van der Waals surface area contributed by atoms with E-state index in [0.717, 1.165) is 5.56 Å². The number of nitrogens with zero attached hydrogens (tertiary/aromatic N) is 2. The van der Waals surface area contributed by atoms with Crippen molar-refractivity contribution in [3.63, 3.8) is 0 Å². The lowest BCUT2D eigenvalue weighted by Gasteiger charge is -2.00. The molecule has 1 radical (unpaired) electrons. The van der Waals surface area contributed by atoms with Gasteiger partial charge in [-0.25, -0.2) is 0 Å². The van der Waals surface area contributed by atoms with E-state index in [1.165, 1.54) is 0 Å². The van der Waals surface area contributed by atoms with Gasteiger partial charge < -0.3 is 4.84 Å². The van der Waals surface area contributed by atoms with E-state index < -0.39 is 0 Å². The third-order valence-electron chi connectivity index (χ3n) is 2.39. The van der Waals surface area contributed by atoms with Crippen LogP contribution in [-0.4, -0.2) is 6.21 Å². The maximum absolute atomic E-state index is 8.77. The molecule has 0 N–H and O–H groups in total. The highest BCUT2D eigenvalue weighted by Gasteiger charge is 1.97. The molecular formula is C15H10ClN2O. The number of halogens is 1. The summed E-state index contributed by atoms with van der Waals surface area (Å²) >= 11 is 5.95. The quantitative estimate of drug-likeness (QED) is 0.628. The molecule has 2 aromatic rings. The Labute approximate surface area is 116 Å². The first-order chi connectivity index (χ1) is 9.29. The van der Waals surface area contributed by atoms with E-state index in [4.69, 9.17) is 21.7 Å². The van der Waals surface area contributed by atoms with Crippen LogP contribution in [0.5, 0.6) is 0 Å². The van der Waals surface area contributed by atoms with Gasteiger partial charge >= 0.3 is 0 Å². The maximum Gasteiger partial charge on any atom is 0.142 e. The summed E-state index contributed by atoms with van der Waals surface area (Å²) in [6.07, 6.45) is 2.72. The molecule has 2 rings (SSSR count). The molecule has 0 aliphatic heterocycles. The van der Waals surface area contributed by atoms with Crippen LogP contribution in [0.1, 0.15) is 16.7 Å². The Morgan fingerprint density at radius 1 is 1.16 bits per heavy atom. The summed E-state index contributed by atoms with van der Waals surface area (Å²) in [4.78, 5) is 5.12. The summed E-state index contributed by atoms with van der Waals surface area (Å²) in [6.45, 7) is 0.285. The van der Waals surface area contributed by atoms with E-state index in [2.05, 4.69) is 17.4 Å². The molecule has 0 aliphatic rings. The molecule has 0 atom stereocenters. The van der Waals surface area contributed by atoms with Crippen LogP contribution >= 0.6 is 11.6 Å². The minimum Gasteiger partial charge on any atom is -0.390 e. The van der Waals surface area contributed by atoms with Crippen molar-refractivity contribution in [3.8, 4) is 6.07 Å². The Morgan fingerprint density at radius 2 is 2.00 bits per heavy atom. The van der Waals surface area contributed by atoms with E-state index in [1.807, 2.05) is 18.2 Å². The van der Waals surface area contributed by atoms with Crippen LogP contribution in [0.4, 0.5) is 0 Å². The molecule has 0 saturated heterocycles. The SMILES string of the molecule is N#Cc1cccc(CO/N=[C]\c2ccccc2Cl)c1. The van der Waals surface area contributed by atoms with Gasteiger partial charge in [0.2, 0.25) is 0 Å². The molecule has 0 saturated carbocycles. The van der Waals surface area contributed by atoms with Crippen LogP contribution in [0.15, 0.2) is 53.7 Å². The number of hydrogen-bond donors (Lipinski definition) is 0. The van der Waals surface area contributed by atoms with Crippen molar-refractivity contribution < 1.29 is 4.84 Å². The second-order valence-electron chi connectivity index (χ2n) is 3.77. The lowest BCUT2D eigenvalue weighted by Crippen LogP contribution is -1.89. The van der Waals surface area contributed by atoms with Crippen LogP contribution < -0.4 is 0 Å². The molecule has 0 fully saturated rings. The zero-order valence-electron chi connectivity index (χ0n) is 10.0. The first-order valence-corrected chi connectivity index (χ1v) is 5.99. The molecule has 0 heterocycles. The van der Waals surface area contributed by atoms with Crippen molar-refractivity contribution in [2.45, 2.75) is 6.61 Å². The fraction of sp³-hybridized carbons (Fsp3) is 0.0667. The first kappa shape index (κ1) is 13.1. The summed E-state index contributed by atoms with van der Waals surface area (Å²) in [7, 11) is 0. The highest BCUT2D eigenvalue weighted by Crippen LogP contribution is 2.12. The highest BCUT2D eigenvalue weighted by molar-refractivity contribution is 6.33. The standard InChI is InChI=1S/C15H10ClN2O/c16-15-7-2-1-6-14(15)10-18-19-11-13-5-3-4-12(8-13)9-17/h1-8H,11H2. The second-order valence-corrected chi connectivity index (χ2v) is 4.18. The molecule has 0 amide bonds. The molecule has 19 heavy (non-hydrogen) atoms. The monoisotopic (exact) mass is 269 g/mol. The van der Waals surface area contributed by atoms with Gasteiger partial charge in [-0.2, -0.15) is 5.26 Å². The van der Waals surface area contributed by atoms with Crippen LogP contribution in [0.3, 0.4) is 0 Å². The van der Waals surface area contributed by atoms with Gasteiger partial charge in [-0.05, 0) is 23.8 Å². The average Bonchev–Trinajstić information content (AvgIpc) is 2.45. The third-order valence-corrected chi connectivity index (χ3v) is 2.72. The lowest BCUT2D eigenvalue weighted by molar-refractivity contribution is 0.132. The summed E-state index contributed by atoms with van der Waals surface area (Å²) in [5.41, 5.74) is 2.15. The Morgan fingerprint density at radius 3 is 2.79 bits per heavy atom. The predicted molar refractivity (Wildman–Crippen MR) is 73.9 cm³/mol. The topological polar surface area (TPSA) is 45.4 Å². The van der Waals surface area contributed by atoms with E-state index in [0.29, 0.717) is 16.1 Å². The van der Waals surface area contributed by atoms with Crippen LogP contribution in [0.25, 0.3) is 0 Å². The van der Waals surface area contributed by atoms with Gasteiger partial charge in [-0.1, -0.05) is 47.1 Å². The second kappa shape index (κ2) is 6.58. The van der Waals surface area contributed by atoms with Crippen LogP contribution in [0, 0.1) is 11.3 Å². The molecule has 0 bridgehead atoms. The van der Waals surface area contributed by atoms with E-state index in [-0.39, 0.29) is 6.61 Å². The third kappa shape index (κ3) is 3.84. The normalized spacial score (nSPS) is 10.3. The van der Waals surface area contributed by atoms with E-state index in [9.17, 15) is 0 Å². The van der Waals surface area contributed by atoms with E-state index >= 15 is 0 Å². The van der Waals surface area contributed by atoms with Gasteiger partial charge in [0.05, 0.1) is 16.7 Å². The highest BCUT2D eigenvalue weighted by atomic mass is 35.5. The van der Waals surface area contributed by atoms with Gasteiger partial charge in [0, 0.05) is 5.56 Å². The fourth-order valence-corrected chi connectivity index (χ4v) is 1.65. The molecule has 0 aromatic heterocycles. The maximum atomic E-state index is 8.77. The Balaban J connectivity index is 1.93. The molecule has 0 spiro atoms. The fourth-order valence-electron chi connectivity index (χ4n) is 1.47. The minimum absolute atomic E-state index is 0.285. The van der Waals surface area contributed by atoms with Gasteiger partial charge in [0.25, 0.3) is 0 Å². The molecule has 0 aliphatic carbocycles. The van der Waals surface area contributed by atoms with Gasteiger partial charge in [-0.15, -0.1) is 0 Å². The molecule has 4 heteroatoms. The van der Waals surface area contributed by atoms with Crippen molar-refractivity contribution in [2.24, 2.45) is 5.16 Å². The molecule has 0 unspecified atom stereocenters. The number of benzene rings is 2. The smallest absolute Gasteiger partial charge is 0.142 e. The number of rotatable bonds is 4. The van der Waals surface area contributed by atoms with Gasteiger partial charge in [-0.3, -0.25) is 0 Å². The average molecular weight is 270 g/mol. The molecular weight excluding hydrogens is 260 g/mol. The predicted octanol–water partition coefficient (Wildman–Crippen LogP) is 3.64. The summed E-state index contributed by atoms with van der Waals surface area (Å²) < 4.78 is 0. The van der Waals surface area contributed by atoms with Gasteiger partial charge in [0.15, 0.2) is 0 Å². The Bertz CT molecular complexity index is 632. The number of nitriles is 1. The summed E-state index contributed by atoms with van der Waals surface area (Å²) in [6, 6.07) is 16.5. The lowest BCUT2D eigenvalue weighted by atomic mass is 10.1. The molecule has 93 valence electrons. The summed E-state index contributed by atoms with van der Waals surface area (Å²) in [5.74, 6) is 0. The Kier molecular flexibility index (Phi) is 4.54. The Hall–Kier alpha value is -2.31. The van der Waals surface area contributed by atoms with Crippen LogP contribution in [-0.2, 0) is 11.4 Å². The van der Waals surface area contributed by atoms with Crippen molar-refractivity contribution in [1.29, 1.82) is 5.26 Å². The minimum atomic E-state index is 0.285. The van der Waals surface area contributed by atoms with Crippen LogP contribution in [0.2, 0.25) is 5.02 Å². The molecule has 2 aromatic carbocycles. The zero-order chi connectivity index (χ0) is 13.5. The molecule has 3 nitrogen and oxygen atoms in total. The first-order valence-electron chi connectivity index (χ1n) is 5.61. The van der Waals surface area contributed by atoms with E-state index in [1.54, 1.807) is 30.3 Å². The zero-order valence-corrected chi connectivity index (χ0v) is 10.8. The largest absolute Gasteiger partial charge is 0.390 e. The van der Waals surface area contributed by atoms with Gasteiger partial charge in [0.1, 0.15) is 12.8 Å². The number of hydrogen-bond acceptors (Lipinski definition) is 3. The van der Waals surface area contributed by atoms with Crippen molar-refractivity contribution in [1.82, 2.24) is 0 Å². The summed E-state index contributed by atoms with van der Waals surface area (Å²) in [5, 5.41) is 13.1. The van der Waals surface area contributed by atoms with Crippen molar-refractivity contribution in [3.05, 3.63) is 70.2 Å². The van der Waals surface area contributed by atoms with Crippen molar-refractivity contribution in [2.75, 3.05) is 0 Å². The van der Waals surface area contributed by atoms with Crippen molar-refractivity contribution >= 4 is 17.8 Å².